The van der Waals surface area contributed by atoms with Gasteiger partial charge in [0.15, 0.2) is 0 Å². The van der Waals surface area contributed by atoms with Crippen LogP contribution in [0.3, 0.4) is 0 Å². The van der Waals surface area contributed by atoms with Crippen LogP contribution in [0.4, 0.5) is 11.5 Å². The number of rotatable bonds is 4. The second kappa shape index (κ2) is 8.71. The monoisotopic (exact) mass is 539 g/mol. The topological polar surface area (TPSA) is 96.5 Å². The van der Waals surface area contributed by atoms with E-state index in [-0.39, 0.29) is 5.56 Å². The molecule has 1 aliphatic heterocycles. The third-order valence-corrected chi connectivity index (χ3v) is 7.85. The van der Waals surface area contributed by atoms with Crippen LogP contribution in [0.25, 0.3) is 21.7 Å². The highest BCUT2D eigenvalue weighted by Crippen LogP contribution is 2.39. The first kappa shape index (κ1) is 26.0. The summed E-state index contributed by atoms with van der Waals surface area (Å²) in [5, 5.41) is 16.0. The van der Waals surface area contributed by atoms with E-state index >= 15 is 0 Å². The normalized spacial score (nSPS) is 17.1. The van der Waals surface area contributed by atoms with Gasteiger partial charge in [0.25, 0.3) is 5.56 Å². The van der Waals surface area contributed by atoms with Gasteiger partial charge < -0.3 is 24.7 Å². The summed E-state index contributed by atoms with van der Waals surface area (Å²) in [5.74, 6) is 0.428. The van der Waals surface area contributed by atoms with Crippen LogP contribution in [0.5, 0.6) is 0 Å². The molecule has 7 nitrogen and oxygen atoms in total. The number of aliphatic hydroxyl groups is 1. The van der Waals surface area contributed by atoms with Gasteiger partial charge in [-0.3, -0.25) is 4.79 Å². The molecule has 37 heavy (non-hydrogen) atoms. The Balaban J connectivity index is 1.64. The lowest BCUT2D eigenvalue weighted by Gasteiger charge is -2.32. The minimum Gasteiger partial charge on any atom is -0.399 e. The van der Waals surface area contributed by atoms with E-state index in [1.54, 1.807) is 38.2 Å². The van der Waals surface area contributed by atoms with Crippen LogP contribution in [0.1, 0.15) is 47.1 Å². The Morgan fingerprint density at radius 2 is 1.62 bits per heavy atom. The molecule has 2 aromatic heterocycles. The van der Waals surface area contributed by atoms with E-state index in [0.29, 0.717) is 48.8 Å². The maximum absolute atomic E-state index is 13.1. The smallest absolute Gasteiger partial charge is 0.399 e. The molecule has 10 heteroatoms. The molecule has 1 aliphatic rings. The maximum atomic E-state index is 13.1. The summed E-state index contributed by atoms with van der Waals surface area (Å²) in [6.07, 6.45) is 1.57. The van der Waals surface area contributed by atoms with E-state index in [1.807, 2.05) is 45.9 Å². The van der Waals surface area contributed by atoms with E-state index in [0.717, 1.165) is 5.46 Å². The van der Waals surface area contributed by atoms with Gasteiger partial charge in [-0.25, -0.2) is 4.98 Å². The molecule has 0 radical (unpaired) electrons. The average molecular weight is 540 g/mol. The molecule has 1 saturated heterocycles. The summed E-state index contributed by atoms with van der Waals surface area (Å²) in [7, 11) is -0.572. The molecule has 0 unspecified atom stereocenters. The Labute approximate surface area is 225 Å². The summed E-state index contributed by atoms with van der Waals surface area (Å²) in [6, 6.07) is 10.7. The maximum Gasteiger partial charge on any atom is 0.494 e. The molecule has 0 spiro atoms. The van der Waals surface area contributed by atoms with Crippen LogP contribution in [-0.2, 0) is 14.9 Å². The number of nitrogens with zero attached hydrogens (tertiary/aromatic N) is 1. The van der Waals surface area contributed by atoms with Crippen molar-refractivity contribution in [1.29, 1.82) is 0 Å². The highest BCUT2D eigenvalue weighted by molar-refractivity contribution is 6.62. The third kappa shape index (κ3) is 4.51. The number of halogens is 2. The quantitative estimate of drug-likeness (QED) is 0.229. The lowest BCUT2D eigenvalue weighted by Crippen LogP contribution is -2.41. The molecule has 3 N–H and O–H groups in total. The zero-order chi connectivity index (χ0) is 26.9. The number of fused-ring (bicyclic) bond motifs is 3. The van der Waals surface area contributed by atoms with Crippen LogP contribution < -0.4 is 16.3 Å². The van der Waals surface area contributed by atoms with E-state index in [9.17, 15) is 9.90 Å². The minimum absolute atomic E-state index is 0.256. The van der Waals surface area contributed by atoms with Gasteiger partial charge in [-0.1, -0.05) is 35.3 Å². The van der Waals surface area contributed by atoms with Crippen molar-refractivity contribution in [3.05, 3.63) is 68.6 Å². The van der Waals surface area contributed by atoms with Crippen molar-refractivity contribution in [2.24, 2.45) is 0 Å². The van der Waals surface area contributed by atoms with Crippen molar-refractivity contribution in [2.45, 2.75) is 58.3 Å². The van der Waals surface area contributed by atoms with Gasteiger partial charge in [0.2, 0.25) is 0 Å². The van der Waals surface area contributed by atoms with E-state index in [2.05, 4.69) is 10.3 Å². The molecule has 0 atom stereocenters. The highest BCUT2D eigenvalue weighted by atomic mass is 35.5. The van der Waals surface area contributed by atoms with Crippen molar-refractivity contribution < 1.29 is 14.4 Å². The van der Waals surface area contributed by atoms with Crippen molar-refractivity contribution in [2.75, 3.05) is 5.32 Å². The van der Waals surface area contributed by atoms with Crippen molar-refractivity contribution in [1.82, 2.24) is 9.97 Å². The van der Waals surface area contributed by atoms with Crippen molar-refractivity contribution in [3.63, 3.8) is 0 Å². The fourth-order valence-corrected chi connectivity index (χ4v) is 4.94. The van der Waals surface area contributed by atoms with Crippen LogP contribution in [-0.4, -0.2) is 33.4 Å². The van der Waals surface area contributed by atoms with Gasteiger partial charge in [-0.15, -0.1) is 0 Å². The van der Waals surface area contributed by atoms with Crippen LogP contribution in [0.15, 0.2) is 47.4 Å². The van der Waals surface area contributed by atoms with Gasteiger partial charge in [0.05, 0.1) is 43.4 Å². The Morgan fingerprint density at radius 3 is 2.22 bits per heavy atom. The third-order valence-electron chi connectivity index (χ3n) is 7.26. The van der Waals surface area contributed by atoms with Crippen LogP contribution >= 0.6 is 23.2 Å². The Bertz CT molecular complexity index is 1570. The predicted molar refractivity (Wildman–Crippen MR) is 151 cm³/mol. The summed E-state index contributed by atoms with van der Waals surface area (Å²) in [4.78, 5) is 20.6. The van der Waals surface area contributed by atoms with Gasteiger partial charge in [0.1, 0.15) is 5.82 Å². The number of nitrogens with one attached hydrogen (secondary N) is 2. The number of H-pyrrole nitrogens is 1. The zero-order valence-corrected chi connectivity index (χ0v) is 23.0. The van der Waals surface area contributed by atoms with Crippen molar-refractivity contribution >= 4 is 69.0 Å². The molecule has 0 aliphatic carbocycles. The summed E-state index contributed by atoms with van der Waals surface area (Å²) < 4.78 is 12.4. The Hall–Kier alpha value is -2.62. The van der Waals surface area contributed by atoms with E-state index in [4.69, 9.17) is 37.5 Å². The molecular formula is C27H28BCl2N3O4. The van der Waals surface area contributed by atoms with Gasteiger partial charge in [-0.2, -0.15) is 0 Å². The standard InChI is InChI=1S/C27H28BCl2N3O4/c1-25(2,35)14-11-18(29)22(19(30)12-14)33-23-16-9-10-31-24(34)21(16)17-13-15(7-8-20(17)32-23)28-36-26(3,4)27(5,6)37-28/h7-13,35H,1-6H3,(H,31,34)(H,32,33). The van der Waals surface area contributed by atoms with E-state index in [1.165, 1.54) is 0 Å². The zero-order valence-electron chi connectivity index (χ0n) is 21.5. The first-order valence-corrected chi connectivity index (χ1v) is 12.7. The SMILES string of the molecule is CC(C)(O)c1cc(Cl)c(Nc2nc3ccc(B4OC(C)(C)C(C)(C)O4)cc3c3c(=O)[nH]ccc23)c(Cl)c1. The van der Waals surface area contributed by atoms with Gasteiger partial charge in [0, 0.05) is 17.0 Å². The molecule has 0 amide bonds. The first-order valence-electron chi connectivity index (χ1n) is 12.0. The van der Waals surface area contributed by atoms with Crippen molar-refractivity contribution in [3.8, 4) is 0 Å². The molecular weight excluding hydrogens is 512 g/mol. The number of benzene rings is 2. The lowest BCUT2D eigenvalue weighted by molar-refractivity contribution is 0.00578. The fraction of sp³-hybridized carbons (Fsp3) is 0.333. The predicted octanol–water partition coefficient (Wildman–Crippen LogP) is 5.65. The molecule has 192 valence electrons. The molecule has 3 heterocycles. The molecule has 2 aromatic carbocycles. The Kier molecular flexibility index (Phi) is 6.13. The number of aromatic nitrogens is 2. The number of aromatic amines is 1. The molecule has 1 fully saturated rings. The Morgan fingerprint density at radius 1 is 1.00 bits per heavy atom. The minimum atomic E-state index is -1.11. The first-order chi connectivity index (χ1) is 17.2. The van der Waals surface area contributed by atoms with Crippen LogP contribution in [0.2, 0.25) is 10.0 Å². The summed E-state index contributed by atoms with van der Waals surface area (Å²) in [5.41, 5.74) is 0.0683. The van der Waals surface area contributed by atoms with E-state index < -0.39 is 23.9 Å². The second-order valence-corrected chi connectivity index (χ2v) is 11.7. The summed E-state index contributed by atoms with van der Waals surface area (Å²) >= 11 is 13.1. The number of hydrogen-bond acceptors (Lipinski definition) is 6. The second-order valence-electron chi connectivity index (χ2n) is 10.9. The number of hydrogen-bond donors (Lipinski definition) is 3. The number of anilines is 2. The molecule has 5 rings (SSSR count). The molecule has 4 aromatic rings. The highest BCUT2D eigenvalue weighted by Gasteiger charge is 2.51. The molecule has 0 bridgehead atoms. The molecule has 0 saturated carbocycles. The summed E-state index contributed by atoms with van der Waals surface area (Å²) in [6.45, 7) is 11.3. The lowest BCUT2D eigenvalue weighted by atomic mass is 9.78. The average Bonchev–Trinajstić information content (AvgIpc) is 3.02. The van der Waals surface area contributed by atoms with Crippen LogP contribution in [0, 0.1) is 0 Å². The largest absolute Gasteiger partial charge is 0.494 e. The van der Waals surface area contributed by atoms with Gasteiger partial charge >= 0.3 is 7.12 Å². The number of pyridine rings is 2. The fourth-order valence-electron chi connectivity index (χ4n) is 4.36. The van der Waals surface area contributed by atoms with Gasteiger partial charge in [-0.05, 0) is 76.8 Å².